The number of rotatable bonds is 8. The molecule has 3 nitrogen and oxygen atoms in total. The van der Waals surface area contributed by atoms with Gasteiger partial charge in [0.1, 0.15) is 0 Å². The van der Waals surface area contributed by atoms with Crippen molar-refractivity contribution >= 4 is 0 Å². The number of aromatic nitrogens is 2. The standard InChI is InChI=1S/C12H23N3/c1-3-8-13-12(4-2)7-5-10-15-11-6-9-14-15/h6,9,11-13H,3-5,7-8,10H2,1-2H3. The van der Waals surface area contributed by atoms with Crippen molar-refractivity contribution in [2.75, 3.05) is 6.54 Å². The molecule has 1 aromatic heterocycles. The highest BCUT2D eigenvalue weighted by Crippen LogP contribution is 2.03. The Balaban J connectivity index is 2.11. The molecule has 86 valence electrons. The van der Waals surface area contributed by atoms with Crippen LogP contribution in [0.25, 0.3) is 0 Å². The maximum absolute atomic E-state index is 4.20. The lowest BCUT2D eigenvalue weighted by Crippen LogP contribution is -2.29. The highest BCUT2D eigenvalue weighted by Gasteiger charge is 2.04. The summed E-state index contributed by atoms with van der Waals surface area (Å²) in [6.45, 7) is 6.64. The lowest BCUT2D eigenvalue weighted by molar-refractivity contribution is 0.431. The molecule has 0 fully saturated rings. The molecule has 1 unspecified atom stereocenters. The van der Waals surface area contributed by atoms with Crippen molar-refractivity contribution in [3.8, 4) is 0 Å². The summed E-state index contributed by atoms with van der Waals surface area (Å²) in [4.78, 5) is 0. The zero-order chi connectivity index (χ0) is 10.9. The summed E-state index contributed by atoms with van der Waals surface area (Å²) in [6.07, 6.45) is 8.76. The smallest absolute Gasteiger partial charge is 0.0489 e. The van der Waals surface area contributed by atoms with Crippen molar-refractivity contribution in [3.05, 3.63) is 18.5 Å². The molecule has 0 saturated carbocycles. The van der Waals surface area contributed by atoms with E-state index in [2.05, 4.69) is 24.3 Å². The summed E-state index contributed by atoms with van der Waals surface area (Å²) in [5.74, 6) is 0. The maximum Gasteiger partial charge on any atom is 0.0489 e. The van der Waals surface area contributed by atoms with E-state index in [0.717, 1.165) is 13.1 Å². The molecule has 1 heterocycles. The van der Waals surface area contributed by atoms with Gasteiger partial charge in [0.2, 0.25) is 0 Å². The fraction of sp³-hybridized carbons (Fsp3) is 0.750. The SMILES string of the molecule is CCCNC(CC)CCCn1cccn1. The van der Waals surface area contributed by atoms with Gasteiger partial charge in [0.05, 0.1) is 0 Å². The van der Waals surface area contributed by atoms with Crippen molar-refractivity contribution < 1.29 is 0 Å². The van der Waals surface area contributed by atoms with E-state index in [-0.39, 0.29) is 0 Å². The summed E-state index contributed by atoms with van der Waals surface area (Å²) in [6, 6.07) is 2.66. The van der Waals surface area contributed by atoms with Crippen molar-refractivity contribution in [1.82, 2.24) is 15.1 Å². The molecule has 0 saturated heterocycles. The van der Waals surface area contributed by atoms with Crippen LogP contribution >= 0.6 is 0 Å². The van der Waals surface area contributed by atoms with Crippen LogP contribution in [0, 0.1) is 0 Å². The van der Waals surface area contributed by atoms with E-state index in [1.807, 2.05) is 23.1 Å². The molecule has 3 heteroatoms. The van der Waals surface area contributed by atoms with Gasteiger partial charge in [-0.05, 0) is 38.3 Å². The molecule has 0 aliphatic carbocycles. The predicted molar refractivity (Wildman–Crippen MR) is 63.8 cm³/mol. The minimum absolute atomic E-state index is 0.681. The third-order valence-electron chi connectivity index (χ3n) is 2.67. The summed E-state index contributed by atoms with van der Waals surface area (Å²) < 4.78 is 2.01. The average molecular weight is 209 g/mol. The molecule has 1 rings (SSSR count). The Kier molecular flexibility index (Phi) is 6.09. The van der Waals surface area contributed by atoms with Crippen LogP contribution in [-0.2, 0) is 6.54 Å². The second kappa shape index (κ2) is 7.46. The topological polar surface area (TPSA) is 29.9 Å². The van der Waals surface area contributed by atoms with Crippen molar-refractivity contribution in [1.29, 1.82) is 0 Å². The molecule has 1 aromatic rings. The molecule has 1 N–H and O–H groups in total. The maximum atomic E-state index is 4.20. The number of nitrogens with zero attached hydrogens (tertiary/aromatic N) is 2. The first-order chi connectivity index (χ1) is 7.36. The first kappa shape index (κ1) is 12.2. The lowest BCUT2D eigenvalue weighted by atomic mass is 10.1. The van der Waals surface area contributed by atoms with Crippen LogP contribution in [0.15, 0.2) is 18.5 Å². The van der Waals surface area contributed by atoms with Gasteiger partial charge in [-0.15, -0.1) is 0 Å². The third-order valence-corrected chi connectivity index (χ3v) is 2.67. The van der Waals surface area contributed by atoms with Gasteiger partial charge in [-0.3, -0.25) is 4.68 Å². The average Bonchev–Trinajstić information content (AvgIpc) is 2.76. The van der Waals surface area contributed by atoms with Crippen LogP contribution in [0.5, 0.6) is 0 Å². The molecule has 0 spiro atoms. The lowest BCUT2D eigenvalue weighted by Gasteiger charge is -2.16. The van der Waals surface area contributed by atoms with Gasteiger partial charge in [0.25, 0.3) is 0 Å². The third kappa shape index (κ3) is 4.98. The Morgan fingerprint density at radius 3 is 2.87 bits per heavy atom. The minimum atomic E-state index is 0.681. The summed E-state index contributed by atoms with van der Waals surface area (Å²) in [5.41, 5.74) is 0. The van der Waals surface area contributed by atoms with Crippen molar-refractivity contribution in [2.45, 2.75) is 52.1 Å². The van der Waals surface area contributed by atoms with Gasteiger partial charge in [0.15, 0.2) is 0 Å². The van der Waals surface area contributed by atoms with E-state index in [4.69, 9.17) is 0 Å². The second-order valence-electron chi connectivity index (χ2n) is 3.97. The number of hydrogen-bond acceptors (Lipinski definition) is 2. The highest BCUT2D eigenvalue weighted by molar-refractivity contribution is 4.77. The number of hydrogen-bond donors (Lipinski definition) is 1. The second-order valence-corrected chi connectivity index (χ2v) is 3.97. The molecule has 0 amide bonds. The van der Waals surface area contributed by atoms with Gasteiger partial charge >= 0.3 is 0 Å². The molecular weight excluding hydrogens is 186 g/mol. The van der Waals surface area contributed by atoms with Gasteiger partial charge in [-0.1, -0.05) is 13.8 Å². The Morgan fingerprint density at radius 1 is 1.40 bits per heavy atom. The van der Waals surface area contributed by atoms with E-state index >= 15 is 0 Å². The first-order valence-corrected chi connectivity index (χ1v) is 6.07. The first-order valence-electron chi connectivity index (χ1n) is 6.07. The minimum Gasteiger partial charge on any atom is -0.314 e. The zero-order valence-corrected chi connectivity index (χ0v) is 9.95. The fourth-order valence-electron chi connectivity index (χ4n) is 1.73. The molecule has 0 aromatic carbocycles. The van der Waals surface area contributed by atoms with E-state index < -0.39 is 0 Å². The van der Waals surface area contributed by atoms with Crippen LogP contribution in [0.2, 0.25) is 0 Å². The zero-order valence-electron chi connectivity index (χ0n) is 9.95. The molecule has 0 radical (unpaired) electrons. The monoisotopic (exact) mass is 209 g/mol. The van der Waals surface area contributed by atoms with Crippen molar-refractivity contribution in [3.63, 3.8) is 0 Å². The Bertz CT molecular complexity index is 231. The molecule has 1 atom stereocenters. The van der Waals surface area contributed by atoms with E-state index in [0.29, 0.717) is 6.04 Å². The molecular formula is C12H23N3. The van der Waals surface area contributed by atoms with Crippen LogP contribution in [0.4, 0.5) is 0 Å². The summed E-state index contributed by atoms with van der Waals surface area (Å²) >= 11 is 0. The fourth-order valence-corrected chi connectivity index (χ4v) is 1.73. The van der Waals surface area contributed by atoms with Gasteiger partial charge in [-0.25, -0.2) is 0 Å². The van der Waals surface area contributed by atoms with Gasteiger partial charge in [0, 0.05) is 25.0 Å². The summed E-state index contributed by atoms with van der Waals surface area (Å²) in [5, 5.41) is 7.77. The van der Waals surface area contributed by atoms with E-state index in [9.17, 15) is 0 Å². The molecule has 0 bridgehead atoms. The van der Waals surface area contributed by atoms with E-state index in [1.54, 1.807) is 0 Å². The quantitative estimate of drug-likeness (QED) is 0.712. The van der Waals surface area contributed by atoms with Crippen LogP contribution < -0.4 is 5.32 Å². The normalized spacial score (nSPS) is 12.9. The predicted octanol–water partition coefficient (Wildman–Crippen LogP) is 2.44. The van der Waals surface area contributed by atoms with E-state index in [1.165, 1.54) is 25.7 Å². The van der Waals surface area contributed by atoms with Crippen LogP contribution in [0.1, 0.15) is 39.5 Å². The molecule has 0 aliphatic rings. The van der Waals surface area contributed by atoms with Crippen LogP contribution in [-0.4, -0.2) is 22.4 Å². The summed E-state index contributed by atoms with van der Waals surface area (Å²) in [7, 11) is 0. The van der Waals surface area contributed by atoms with Crippen LogP contribution in [0.3, 0.4) is 0 Å². The number of nitrogens with one attached hydrogen (secondary N) is 1. The Labute approximate surface area is 92.9 Å². The van der Waals surface area contributed by atoms with Crippen molar-refractivity contribution in [2.24, 2.45) is 0 Å². The highest BCUT2D eigenvalue weighted by atomic mass is 15.3. The van der Waals surface area contributed by atoms with Gasteiger partial charge < -0.3 is 5.32 Å². The molecule has 15 heavy (non-hydrogen) atoms. The Hall–Kier alpha value is -0.830. The Morgan fingerprint density at radius 2 is 2.27 bits per heavy atom. The van der Waals surface area contributed by atoms with Gasteiger partial charge in [-0.2, -0.15) is 5.10 Å². The largest absolute Gasteiger partial charge is 0.314 e. The number of aryl methyl sites for hydroxylation is 1. The molecule has 0 aliphatic heterocycles.